The van der Waals surface area contributed by atoms with Gasteiger partial charge in [-0.3, -0.25) is 0 Å². The Morgan fingerprint density at radius 3 is 1.50 bits per heavy atom. The number of fused-ring (bicyclic) bond motifs is 9. The van der Waals surface area contributed by atoms with E-state index in [0.717, 1.165) is 27.6 Å². The Morgan fingerprint density at radius 2 is 0.844 bits per heavy atom. The lowest BCUT2D eigenvalue weighted by molar-refractivity contribution is 0.669. The van der Waals surface area contributed by atoms with Gasteiger partial charge in [0.1, 0.15) is 11.2 Å². The van der Waals surface area contributed by atoms with Crippen LogP contribution in [0.4, 0.5) is 0 Å². The van der Waals surface area contributed by atoms with E-state index >= 15 is 0 Å². The number of hydrogen-bond acceptors (Lipinski definition) is 2. The molecular formula is C61H39NOS. The van der Waals surface area contributed by atoms with Crippen LogP contribution in [-0.2, 0) is 0 Å². The second-order valence-corrected chi connectivity index (χ2v) is 18.0. The van der Waals surface area contributed by atoms with Crippen molar-refractivity contribution in [3.05, 3.63) is 224 Å². The van der Waals surface area contributed by atoms with Gasteiger partial charge in [-0.1, -0.05) is 140 Å². The predicted molar refractivity (Wildman–Crippen MR) is 273 cm³/mol. The van der Waals surface area contributed by atoms with Gasteiger partial charge in [-0.25, -0.2) is 0 Å². The van der Waals surface area contributed by atoms with Gasteiger partial charge in [0.25, 0.3) is 0 Å². The molecular weight excluding hydrogens is 795 g/mol. The molecule has 0 radical (unpaired) electrons. The summed E-state index contributed by atoms with van der Waals surface area (Å²) in [6.07, 6.45) is 0. The first-order valence-electron chi connectivity index (χ1n) is 21.9. The van der Waals surface area contributed by atoms with Crippen LogP contribution in [0.15, 0.2) is 223 Å². The normalized spacial score (nSPS) is 11.8. The summed E-state index contributed by atoms with van der Waals surface area (Å²) in [6.45, 7) is 2.26. The lowest BCUT2D eigenvalue weighted by atomic mass is 9.95. The average molecular weight is 834 g/mol. The molecule has 0 bridgehead atoms. The number of aryl methyl sites for hydroxylation is 1. The van der Waals surface area contributed by atoms with Crippen molar-refractivity contribution in [2.45, 2.75) is 6.92 Å². The Morgan fingerprint density at radius 1 is 0.344 bits per heavy atom. The van der Waals surface area contributed by atoms with Gasteiger partial charge in [-0.05, 0) is 147 Å². The van der Waals surface area contributed by atoms with E-state index < -0.39 is 0 Å². The van der Waals surface area contributed by atoms with E-state index in [1.54, 1.807) is 0 Å². The maximum absolute atomic E-state index is 6.50. The van der Waals surface area contributed by atoms with Crippen LogP contribution in [0, 0.1) is 6.92 Å². The SMILES string of the molecule is Cc1c(-c2ccccc2)ccc2c1c1ccccc1n2-c1ccc2oc3ccc(-c4ccc5sc6ccc(-c7cccc(-c8cccc(-c9ccccc9)c8)c7)cc6c5c4)cc3c2c1. The van der Waals surface area contributed by atoms with Gasteiger partial charge in [-0.2, -0.15) is 0 Å². The van der Waals surface area contributed by atoms with Gasteiger partial charge in [0, 0.05) is 47.4 Å². The molecule has 64 heavy (non-hydrogen) atoms. The van der Waals surface area contributed by atoms with Crippen molar-refractivity contribution < 1.29 is 4.42 Å². The van der Waals surface area contributed by atoms with Gasteiger partial charge in [0.2, 0.25) is 0 Å². The monoisotopic (exact) mass is 833 g/mol. The van der Waals surface area contributed by atoms with Crippen molar-refractivity contribution in [1.82, 2.24) is 4.57 Å². The molecule has 0 saturated carbocycles. The number of hydrogen-bond donors (Lipinski definition) is 0. The van der Waals surface area contributed by atoms with Crippen molar-refractivity contribution in [2.24, 2.45) is 0 Å². The molecule has 0 amide bonds. The van der Waals surface area contributed by atoms with E-state index in [4.69, 9.17) is 4.42 Å². The van der Waals surface area contributed by atoms with Crippen LogP contribution in [0.3, 0.4) is 0 Å². The Kier molecular flexibility index (Phi) is 8.34. The molecule has 3 heterocycles. The maximum Gasteiger partial charge on any atom is 0.135 e. The summed E-state index contributed by atoms with van der Waals surface area (Å²) in [5.74, 6) is 0. The fourth-order valence-electron chi connectivity index (χ4n) is 10.0. The third-order valence-corrected chi connectivity index (χ3v) is 14.3. The molecule has 0 N–H and O–H groups in total. The van der Waals surface area contributed by atoms with E-state index in [1.165, 1.54) is 103 Å². The molecule has 0 aliphatic heterocycles. The molecule has 0 aliphatic carbocycles. The van der Waals surface area contributed by atoms with Crippen LogP contribution in [0.2, 0.25) is 0 Å². The molecule has 0 saturated heterocycles. The lowest BCUT2D eigenvalue weighted by Crippen LogP contribution is -1.94. The van der Waals surface area contributed by atoms with Crippen LogP contribution in [-0.4, -0.2) is 4.57 Å². The summed E-state index contributed by atoms with van der Waals surface area (Å²) < 4.78 is 11.5. The summed E-state index contributed by atoms with van der Waals surface area (Å²) in [7, 11) is 0. The zero-order valence-electron chi connectivity index (χ0n) is 35.0. The fraction of sp³-hybridized carbons (Fsp3) is 0.0164. The molecule has 13 aromatic rings. The summed E-state index contributed by atoms with van der Waals surface area (Å²) >= 11 is 1.86. The van der Waals surface area contributed by atoms with Gasteiger partial charge in [0.05, 0.1) is 11.0 Å². The molecule has 0 spiro atoms. The van der Waals surface area contributed by atoms with E-state index in [0.29, 0.717) is 0 Å². The van der Waals surface area contributed by atoms with Crippen molar-refractivity contribution >= 4 is 75.3 Å². The van der Waals surface area contributed by atoms with Crippen molar-refractivity contribution in [1.29, 1.82) is 0 Å². The number of aromatic nitrogens is 1. The van der Waals surface area contributed by atoms with Crippen molar-refractivity contribution in [3.8, 4) is 61.3 Å². The topological polar surface area (TPSA) is 18.1 Å². The summed E-state index contributed by atoms with van der Waals surface area (Å²) in [5.41, 5.74) is 18.8. The average Bonchev–Trinajstić information content (AvgIpc) is 4.03. The number of benzene rings is 10. The number of para-hydroxylation sites is 1. The van der Waals surface area contributed by atoms with Gasteiger partial charge in [-0.15, -0.1) is 11.3 Å². The summed E-state index contributed by atoms with van der Waals surface area (Å²) in [5, 5.41) is 7.34. The van der Waals surface area contributed by atoms with Gasteiger partial charge < -0.3 is 8.98 Å². The molecule has 3 aromatic heterocycles. The van der Waals surface area contributed by atoms with Crippen LogP contribution in [0.1, 0.15) is 5.56 Å². The highest BCUT2D eigenvalue weighted by Crippen LogP contribution is 2.42. The first kappa shape index (κ1) is 36.7. The van der Waals surface area contributed by atoms with Crippen LogP contribution < -0.4 is 0 Å². The van der Waals surface area contributed by atoms with Gasteiger partial charge in [0.15, 0.2) is 0 Å². The van der Waals surface area contributed by atoms with Crippen molar-refractivity contribution in [3.63, 3.8) is 0 Å². The number of nitrogens with zero attached hydrogens (tertiary/aromatic N) is 1. The lowest BCUT2D eigenvalue weighted by Gasteiger charge is -2.11. The largest absolute Gasteiger partial charge is 0.456 e. The highest BCUT2D eigenvalue weighted by molar-refractivity contribution is 7.25. The minimum atomic E-state index is 0.888. The zero-order valence-corrected chi connectivity index (χ0v) is 35.9. The first-order valence-corrected chi connectivity index (χ1v) is 22.7. The van der Waals surface area contributed by atoms with E-state index in [2.05, 4.69) is 230 Å². The molecule has 10 aromatic carbocycles. The predicted octanol–water partition coefficient (Wildman–Crippen LogP) is 17.7. The molecule has 13 rings (SSSR count). The third-order valence-electron chi connectivity index (χ3n) is 13.2. The number of rotatable bonds is 6. The standard InChI is InChI=1S/C61H39NOS/c1-38-49(40-14-6-3-7-15-40)26-27-56-61(38)50-20-8-9-21-55(50)62(56)48-25-29-58-52(37-48)51-34-45(22-28-57(51)63-58)47-24-31-60-54(36-47)53-35-46(23-30-59(53)64-60)44-19-11-18-43(33-44)42-17-10-16-41(32-42)39-12-4-2-5-13-39/h2-37H,1H3. The molecule has 0 atom stereocenters. The summed E-state index contributed by atoms with van der Waals surface area (Å²) in [6, 6.07) is 79.6. The molecule has 300 valence electrons. The van der Waals surface area contributed by atoms with E-state index in [-0.39, 0.29) is 0 Å². The second kappa shape index (κ2) is 14.6. The van der Waals surface area contributed by atoms with E-state index in [9.17, 15) is 0 Å². The smallest absolute Gasteiger partial charge is 0.135 e. The number of thiophene rings is 1. The minimum absolute atomic E-state index is 0.888. The fourth-order valence-corrected chi connectivity index (χ4v) is 11.1. The summed E-state index contributed by atoms with van der Waals surface area (Å²) in [4.78, 5) is 0. The highest BCUT2D eigenvalue weighted by Gasteiger charge is 2.19. The van der Waals surface area contributed by atoms with Crippen LogP contribution in [0.5, 0.6) is 0 Å². The highest BCUT2D eigenvalue weighted by atomic mass is 32.1. The Labute approximate surface area is 374 Å². The van der Waals surface area contributed by atoms with Crippen LogP contribution >= 0.6 is 11.3 Å². The minimum Gasteiger partial charge on any atom is -0.456 e. The Bertz CT molecular complexity index is 3960. The zero-order chi connectivity index (χ0) is 42.3. The second-order valence-electron chi connectivity index (χ2n) is 16.9. The van der Waals surface area contributed by atoms with E-state index in [1.807, 2.05) is 11.3 Å². The first-order chi connectivity index (χ1) is 31.6. The Hall–Kier alpha value is -7.98. The Balaban J connectivity index is 0.884. The molecule has 0 fully saturated rings. The van der Waals surface area contributed by atoms with Crippen molar-refractivity contribution in [2.75, 3.05) is 0 Å². The third kappa shape index (κ3) is 5.93. The molecule has 0 unspecified atom stereocenters. The quantitative estimate of drug-likeness (QED) is 0.163. The molecule has 0 aliphatic rings. The molecule has 3 heteroatoms. The maximum atomic E-state index is 6.50. The molecule has 2 nitrogen and oxygen atoms in total. The van der Waals surface area contributed by atoms with Crippen LogP contribution in [0.25, 0.3) is 125 Å². The number of furan rings is 1. The van der Waals surface area contributed by atoms with Gasteiger partial charge >= 0.3 is 0 Å².